The van der Waals surface area contributed by atoms with Crippen LogP contribution in [-0.2, 0) is 19.1 Å². The van der Waals surface area contributed by atoms with Crippen molar-refractivity contribution >= 4 is 39.7 Å². The van der Waals surface area contributed by atoms with Crippen molar-refractivity contribution in [1.82, 2.24) is 4.72 Å². The molecule has 1 aromatic heterocycles. The summed E-state index contributed by atoms with van der Waals surface area (Å²) in [4.78, 5) is 9.12. The van der Waals surface area contributed by atoms with Gasteiger partial charge in [0.2, 0.25) is 6.23 Å². The van der Waals surface area contributed by atoms with Gasteiger partial charge in [0.05, 0.1) is 5.56 Å². The number of nitriles is 1. The van der Waals surface area contributed by atoms with Gasteiger partial charge in [-0.3, -0.25) is 0 Å². The second-order valence-corrected chi connectivity index (χ2v) is 9.81. The Labute approximate surface area is 181 Å². The lowest BCUT2D eigenvalue weighted by atomic mass is 10.1. The summed E-state index contributed by atoms with van der Waals surface area (Å²) in [5.41, 5.74) is 5.05. The van der Waals surface area contributed by atoms with E-state index in [9.17, 15) is 17.4 Å². The SMILES string of the molecule is N#Cc1ccc(C(NS(=O)(=O)c2cc3cc(OCCN)ccc3s2)O[P+](=O)O)cc1F. The number of nitrogens with zero attached hydrogens (tertiary/aromatic N) is 1. The van der Waals surface area contributed by atoms with E-state index in [2.05, 4.69) is 4.72 Å². The van der Waals surface area contributed by atoms with Gasteiger partial charge in [0.25, 0.3) is 10.0 Å². The van der Waals surface area contributed by atoms with Crippen LogP contribution < -0.4 is 15.2 Å². The summed E-state index contributed by atoms with van der Waals surface area (Å²) in [6.07, 6.45) is -1.66. The van der Waals surface area contributed by atoms with Gasteiger partial charge < -0.3 is 10.5 Å². The van der Waals surface area contributed by atoms with Gasteiger partial charge in [-0.25, -0.2) is 12.8 Å². The van der Waals surface area contributed by atoms with Gasteiger partial charge in [0.15, 0.2) is 0 Å². The average molecular weight is 484 g/mol. The molecule has 2 aromatic carbocycles. The van der Waals surface area contributed by atoms with E-state index < -0.39 is 30.3 Å². The normalized spacial score (nSPS) is 13.0. The van der Waals surface area contributed by atoms with Crippen LogP contribution in [0.5, 0.6) is 5.75 Å². The number of nitrogens with one attached hydrogen (secondary N) is 1. The van der Waals surface area contributed by atoms with Crippen LogP contribution in [0.25, 0.3) is 10.1 Å². The maximum absolute atomic E-state index is 14.0. The van der Waals surface area contributed by atoms with Crippen LogP contribution in [0.1, 0.15) is 17.4 Å². The maximum Gasteiger partial charge on any atom is 0.696 e. The van der Waals surface area contributed by atoms with Crippen LogP contribution in [0, 0.1) is 17.1 Å². The van der Waals surface area contributed by atoms with E-state index in [1.165, 1.54) is 12.1 Å². The Kier molecular flexibility index (Phi) is 7.30. The number of ether oxygens (including phenoxy) is 1. The molecule has 3 rings (SSSR count). The first-order chi connectivity index (χ1) is 14.7. The minimum atomic E-state index is -4.22. The Bertz CT molecular complexity index is 1280. The highest BCUT2D eigenvalue weighted by Crippen LogP contribution is 2.34. The van der Waals surface area contributed by atoms with Crippen molar-refractivity contribution in [2.75, 3.05) is 13.2 Å². The first kappa shape index (κ1) is 23.2. The van der Waals surface area contributed by atoms with Crippen LogP contribution in [-0.4, -0.2) is 26.5 Å². The summed E-state index contributed by atoms with van der Waals surface area (Å²) in [6.45, 7) is 0.636. The molecule has 0 amide bonds. The monoisotopic (exact) mass is 484 g/mol. The van der Waals surface area contributed by atoms with E-state index in [-0.39, 0.29) is 15.3 Å². The van der Waals surface area contributed by atoms with Gasteiger partial charge >= 0.3 is 8.25 Å². The van der Waals surface area contributed by atoms with E-state index in [1.54, 1.807) is 24.3 Å². The summed E-state index contributed by atoms with van der Waals surface area (Å²) >= 11 is 0.963. The van der Waals surface area contributed by atoms with Gasteiger partial charge in [-0.2, -0.15) is 9.98 Å². The molecule has 31 heavy (non-hydrogen) atoms. The molecule has 4 N–H and O–H groups in total. The highest BCUT2D eigenvalue weighted by Gasteiger charge is 2.31. The minimum absolute atomic E-state index is 0.0870. The number of sulfonamides is 1. The van der Waals surface area contributed by atoms with Crippen molar-refractivity contribution in [3.63, 3.8) is 0 Å². The predicted octanol–water partition coefficient (Wildman–Crippen LogP) is 2.89. The van der Waals surface area contributed by atoms with Crippen molar-refractivity contribution in [1.29, 1.82) is 5.26 Å². The van der Waals surface area contributed by atoms with Crippen molar-refractivity contribution in [2.45, 2.75) is 10.4 Å². The lowest BCUT2D eigenvalue weighted by molar-refractivity contribution is 0.181. The molecule has 0 bridgehead atoms. The summed E-state index contributed by atoms with van der Waals surface area (Å²) in [7, 11) is -7.44. The fourth-order valence-electron chi connectivity index (χ4n) is 2.62. The molecule has 13 heteroatoms. The van der Waals surface area contributed by atoms with Crippen molar-refractivity contribution < 1.29 is 31.5 Å². The average Bonchev–Trinajstić information content (AvgIpc) is 3.15. The number of halogens is 1. The quantitative estimate of drug-likeness (QED) is 0.310. The largest absolute Gasteiger partial charge is 0.696 e. The Morgan fingerprint density at radius 3 is 2.71 bits per heavy atom. The molecule has 3 aromatic rings. The third-order valence-corrected chi connectivity index (χ3v) is 7.37. The predicted molar refractivity (Wildman–Crippen MR) is 111 cm³/mol. The molecular formula is C18H16FN3O6PS2+. The Morgan fingerprint density at radius 1 is 1.29 bits per heavy atom. The number of fused-ring (bicyclic) bond motifs is 1. The lowest BCUT2D eigenvalue weighted by Gasteiger charge is -2.13. The van der Waals surface area contributed by atoms with E-state index >= 15 is 0 Å². The van der Waals surface area contributed by atoms with Gasteiger partial charge in [-0.1, -0.05) is 10.6 Å². The first-order valence-electron chi connectivity index (χ1n) is 8.65. The van der Waals surface area contributed by atoms with Gasteiger partial charge in [0.1, 0.15) is 28.5 Å². The number of nitrogens with two attached hydrogens (primary N) is 1. The van der Waals surface area contributed by atoms with Crippen LogP contribution in [0.3, 0.4) is 0 Å². The van der Waals surface area contributed by atoms with Crippen LogP contribution in [0.2, 0.25) is 0 Å². The molecule has 162 valence electrons. The maximum atomic E-state index is 14.0. The third-order valence-electron chi connectivity index (χ3n) is 3.99. The second-order valence-electron chi connectivity index (χ2n) is 6.10. The fraction of sp³-hybridized carbons (Fsp3) is 0.167. The molecular weight excluding hydrogens is 468 g/mol. The minimum Gasteiger partial charge on any atom is -0.492 e. The highest BCUT2D eigenvalue weighted by molar-refractivity contribution is 7.91. The topological polar surface area (TPSA) is 152 Å². The number of thiophene rings is 1. The molecule has 0 aliphatic carbocycles. The van der Waals surface area contributed by atoms with Gasteiger partial charge in [-0.15, -0.1) is 16.2 Å². The van der Waals surface area contributed by atoms with Gasteiger partial charge in [-0.05, 0) is 41.8 Å². The Balaban J connectivity index is 1.92. The number of hydrogen-bond acceptors (Lipinski definition) is 8. The molecule has 1 heterocycles. The Hall–Kier alpha value is -2.49. The van der Waals surface area contributed by atoms with Crippen LogP contribution >= 0.6 is 19.6 Å². The van der Waals surface area contributed by atoms with Crippen LogP contribution in [0.4, 0.5) is 4.39 Å². The lowest BCUT2D eigenvalue weighted by Crippen LogP contribution is -2.29. The molecule has 0 radical (unpaired) electrons. The third kappa shape index (κ3) is 5.61. The number of rotatable bonds is 9. The highest BCUT2D eigenvalue weighted by atomic mass is 32.2. The molecule has 0 fully saturated rings. The standard InChI is InChI=1S/C18H15FN3O6PS2/c19-15-8-11(1-2-12(15)10-21)18(28-29(23)24)22-31(25,26)17-9-13-7-14(27-6-5-20)3-4-16(13)30-17/h1-4,7-9,18,22H,5-6,20H2/p+1. The second kappa shape index (κ2) is 9.76. The van der Waals surface area contributed by atoms with E-state index in [0.717, 1.165) is 23.5 Å². The van der Waals surface area contributed by atoms with E-state index in [0.29, 0.717) is 29.0 Å². The number of hydrogen-bond donors (Lipinski definition) is 3. The first-order valence-corrected chi connectivity index (χ1v) is 12.1. The zero-order valence-electron chi connectivity index (χ0n) is 15.7. The summed E-state index contributed by atoms with van der Waals surface area (Å²) in [5.74, 6) is -0.396. The Morgan fingerprint density at radius 2 is 2.06 bits per heavy atom. The smallest absolute Gasteiger partial charge is 0.492 e. The summed E-state index contributed by atoms with van der Waals surface area (Å²) in [6, 6.07) is 11.3. The zero-order valence-corrected chi connectivity index (χ0v) is 18.2. The van der Waals surface area contributed by atoms with Crippen molar-refractivity contribution in [3.8, 4) is 11.8 Å². The number of benzene rings is 2. The van der Waals surface area contributed by atoms with Crippen molar-refractivity contribution in [2.24, 2.45) is 5.73 Å². The molecule has 0 spiro atoms. The van der Waals surface area contributed by atoms with E-state index in [4.69, 9.17) is 25.1 Å². The van der Waals surface area contributed by atoms with Crippen LogP contribution in [0.15, 0.2) is 46.7 Å². The summed E-state index contributed by atoms with van der Waals surface area (Å²) in [5, 5.41) is 9.44. The van der Waals surface area contributed by atoms with Gasteiger partial charge in [0, 0.05) is 21.4 Å². The molecule has 2 atom stereocenters. The molecule has 0 aliphatic rings. The van der Waals surface area contributed by atoms with Crippen molar-refractivity contribution in [3.05, 3.63) is 59.4 Å². The molecule has 0 saturated heterocycles. The molecule has 0 saturated carbocycles. The zero-order chi connectivity index (χ0) is 22.6. The molecule has 2 unspecified atom stereocenters. The summed E-state index contributed by atoms with van der Waals surface area (Å²) < 4.78 is 63.8. The van der Waals surface area contributed by atoms with E-state index in [1.807, 2.05) is 0 Å². The molecule has 0 aliphatic heterocycles. The molecule has 9 nitrogen and oxygen atoms in total. The fourth-order valence-corrected chi connectivity index (χ4v) is 5.54.